The van der Waals surface area contributed by atoms with Gasteiger partial charge in [0.05, 0.1) is 6.04 Å². The van der Waals surface area contributed by atoms with Crippen LogP contribution in [0.5, 0.6) is 0 Å². The monoisotopic (exact) mass is 285 g/mol. The van der Waals surface area contributed by atoms with E-state index in [0.717, 1.165) is 22.9 Å². The molecule has 6 heteroatoms. The van der Waals surface area contributed by atoms with E-state index in [9.17, 15) is 4.79 Å². The first-order chi connectivity index (χ1) is 10.0. The molecule has 1 aromatic carbocycles. The van der Waals surface area contributed by atoms with Crippen molar-refractivity contribution >= 4 is 11.7 Å². The lowest BCUT2D eigenvalue weighted by Crippen LogP contribution is -2.52. The molecule has 21 heavy (non-hydrogen) atoms. The van der Waals surface area contributed by atoms with Crippen molar-refractivity contribution in [2.45, 2.75) is 26.8 Å². The first kappa shape index (κ1) is 13.6. The number of aryl methyl sites for hydroxylation is 3. The molecule has 0 aliphatic carbocycles. The molecule has 6 nitrogen and oxygen atoms in total. The molecule has 2 amide bonds. The third-order valence-corrected chi connectivity index (χ3v) is 3.67. The second-order valence-electron chi connectivity index (χ2n) is 5.51. The van der Waals surface area contributed by atoms with Crippen molar-refractivity contribution in [1.29, 1.82) is 0 Å². The van der Waals surface area contributed by atoms with Crippen LogP contribution >= 0.6 is 0 Å². The van der Waals surface area contributed by atoms with Crippen molar-refractivity contribution in [3.63, 3.8) is 0 Å². The van der Waals surface area contributed by atoms with Gasteiger partial charge in [-0.3, -0.25) is 0 Å². The van der Waals surface area contributed by atoms with Crippen LogP contribution in [0.4, 0.5) is 10.5 Å². The fourth-order valence-electron chi connectivity index (χ4n) is 2.58. The van der Waals surface area contributed by atoms with Gasteiger partial charge in [-0.15, -0.1) is 0 Å². The Morgan fingerprint density at radius 2 is 2.05 bits per heavy atom. The Bertz CT molecular complexity index is 672. The number of carbonyl (C=O) groups excluding carboxylic acids is 1. The lowest BCUT2D eigenvalue weighted by Gasteiger charge is -2.39. The Morgan fingerprint density at radius 1 is 1.29 bits per heavy atom. The molecule has 1 N–H and O–H groups in total. The van der Waals surface area contributed by atoms with Crippen LogP contribution in [0.25, 0.3) is 0 Å². The largest absolute Gasteiger partial charge is 0.321 e. The van der Waals surface area contributed by atoms with Gasteiger partial charge in [-0.2, -0.15) is 5.10 Å². The molecule has 1 saturated heterocycles. The Morgan fingerprint density at radius 3 is 2.67 bits per heavy atom. The van der Waals surface area contributed by atoms with Crippen LogP contribution in [0.15, 0.2) is 24.3 Å². The number of aromatic nitrogens is 3. The van der Waals surface area contributed by atoms with Crippen LogP contribution in [0.1, 0.15) is 23.3 Å². The molecule has 1 fully saturated rings. The zero-order valence-electron chi connectivity index (χ0n) is 12.5. The Kier molecular flexibility index (Phi) is 3.37. The predicted molar refractivity (Wildman–Crippen MR) is 80.3 cm³/mol. The lowest BCUT2D eigenvalue weighted by atomic mass is 10.1. The summed E-state index contributed by atoms with van der Waals surface area (Å²) in [6.45, 7) is 7.16. The molecule has 1 aromatic heterocycles. The van der Waals surface area contributed by atoms with Crippen LogP contribution in [0.2, 0.25) is 0 Å². The summed E-state index contributed by atoms with van der Waals surface area (Å²) in [4.78, 5) is 18.2. The highest BCUT2D eigenvalue weighted by molar-refractivity contribution is 5.89. The molecule has 0 spiro atoms. The van der Waals surface area contributed by atoms with Crippen LogP contribution in [0.3, 0.4) is 0 Å². The van der Waals surface area contributed by atoms with Gasteiger partial charge in [0.15, 0.2) is 0 Å². The summed E-state index contributed by atoms with van der Waals surface area (Å²) in [7, 11) is 0. The number of anilines is 1. The topological polar surface area (TPSA) is 63.1 Å². The van der Waals surface area contributed by atoms with Gasteiger partial charge in [0.2, 0.25) is 0 Å². The van der Waals surface area contributed by atoms with E-state index in [0.29, 0.717) is 13.1 Å². The molecule has 2 aromatic rings. The zero-order valence-corrected chi connectivity index (χ0v) is 12.5. The van der Waals surface area contributed by atoms with E-state index in [1.807, 2.05) is 49.7 Å². The van der Waals surface area contributed by atoms with Gasteiger partial charge >= 0.3 is 6.03 Å². The van der Waals surface area contributed by atoms with E-state index in [-0.39, 0.29) is 12.1 Å². The van der Waals surface area contributed by atoms with E-state index in [2.05, 4.69) is 15.4 Å². The summed E-state index contributed by atoms with van der Waals surface area (Å²) in [6.07, 6.45) is 0. The average molecular weight is 285 g/mol. The molecule has 0 saturated carbocycles. The fraction of sp³-hybridized carbons (Fsp3) is 0.400. The molecular formula is C15H19N5O. The number of nitrogens with one attached hydrogen (secondary N) is 1. The number of nitrogens with zero attached hydrogens (tertiary/aromatic N) is 4. The van der Waals surface area contributed by atoms with E-state index in [1.165, 1.54) is 0 Å². The Hall–Kier alpha value is -2.37. The zero-order chi connectivity index (χ0) is 15.0. The Balaban J connectivity index is 1.58. The number of carbonyl (C=O) groups is 1. The molecule has 0 bridgehead atoms. The highest BCUT2D eigenvalue weighted by Gasteiger charge is 2.33. The van der Waals surface area contributed by atoms with E-state index < -0.39 is 0 Å². The predicted octanol–water partition coefficient (Wildman–Crippen LogP) is 2.29. The summed E-state index contributed by atoms with van der Waals surface area (Å²) >= 11 is 0. The fourth-order valence-corrected chi connectivity index (χ4v) is 2.58. The minimum absolute atomic E-state index is 0.0636. The normalized spacial score (nSPS) is 14.9. The number of rotatable bonds is 2. The number of urea groups is 1. The number of hydrogen-bond donors (Lipinski definition) is 1. The van der Waals surface area contributed by atoms with Gasteiger partial charge < -0.3 is 10.2 Å². The van der Waals surface area contributed by atoms with Crippen LogP contribution in [0, 0.1) is 20.8 Å². The van der Waals surface area contributed by atoms with E-state index in [4.69, 9.17) is 0 Å². The standard InChI is InChI=1S/C15H19N5O/c1-10-5-4-6-13(7-10)17-15(21)19-8-14(9-19)20-12(3)16-11(2)18-20/h4-7,14H,8-9H2,1-3H3,(H,17,21). The number of hydrogen-bond acceptors (Lipinski definition) is 3. The van der Waals surface area contributed by atoms with E-state index in [1.54, 1.807) is 4.90 Å². The summed E-state index contributed by atoms with van der Waals surface area (Å²) in [5, 5.41) is 7.29. The third-order valence-electron chi connectivity index (χ3n) is 3.67. The summed E-state index contributed by atoms with van der Waals surface area (Å²) in [5.41, 5.74) is 1.96. The van der Waals surface area contributed by atoms with Gasteiger partial charge in [0.25, 0.3) is 0 Å². The number of likely N-dealkylation sites (tertiary alicyclic amines) is 1. The van der Waals surface area contributed by atoms with Crippen molar-refractivity contribution in [2.75, 3.05) is 18.4 Å². The molecule has 1 aliphatic rings. The molecule has 0 unspecified atom stereocenters. The minimum atomic E-state index is -0.0636. The molecule has 2 heterocycles. The summed E-state index contributed by atoms with van der Waals surface area (Å²) in [5.74, 6) is 1.67. The van der Waals surface area contributed by atoms with Crippen LogP contribution in [-0.2, 0) is 0 Å². The van der Waals surface area contributed by atoms with Crippen molar-refractivity contribution in [2.24, 2.45) is 0 Å². The first-order valence-corrected chi connectivity index (χ1v) is 7.05. The molecule has 110 valence electrons. The highest BCUT2D eigenvalue weighted by Crippen LogP contribution is 2.22. The van der Waals surface area contributed by atoms with Gasteiger partial charge in [-0.05, 0) is 38.5 Å². The van der Waals surface area contributed by atoms with Crippen LogP contribution < -0.4 is 5.32 Å². The summed E-state index contributed by atoms with van der Waals surface area (Å²) in [6, 6.07) is 7.96. The smallest absolute Gasteiger partial charge is 0.320 e. The second-order valence-corrected chi connectivity index (χ2v) is 5.51. The highest BCUT2D eigenvalue weighted by atomic mass is 16.2. The first-order valence-electron chi connectivity index (χ1n) is 7.05. The SMILES string of the molecule is Cc1cccc(NC(=O)N2CC(n3nc(C)nc3C)C2)c1. The number of benzene rings is 1. The second kappa shape index (κ2) is 5.20. The summed E-state index contributed by atoms with van der Waals surface area (Å²) < 4.78 is 1.91. The van der Waals surface area contributed by atoms with E-state index >= 15 is 0 Å². The lowest BCUT2D eigenvalue weighted by molar-refractivity contribution is 0.126. The van der Waals surface area contributed by atoms with Gasteiger partial charge in [-0.25, -0.2) is 14.5 Å². The average Bonchev–Trinajstić information content (AvgIpc) is 2.66. The van der Waals surface area contributed by atoms with Crippen molar-refractivity contribution < 1.29 is 4.79 Å². The third kappa shape index (κ3) is 2.74. The molecule has 0 radical (unpaired) electrons. The van der Waals surface area contributed by atoms with Gasteiger partial charge in [-0.1, -0.05) is 12.1 Å². The molecule has 0 atom stereocenters. The maximum atomic E-state index is 12.1. The molecule has 1 aliphatic heterocycles. The van der Waals surface area contributed by atoms with Crippen LogP contribution in [-0.4, -0.2) is 38.8 Å². The Labute approximate surface area is 123 Å². The molecule has 3 rings (SSSR count). The maximum Gasteiger partial charge on any atom is 0.321 e. The van der Waals surface area contributed by atoms with Gasteiger partial charge in [0, 0.05) is 18.8 Å². The van der Waals surface area contributed by atoms with Crippen molar-refractivity contribution in [1.82, 2.24) is 19.7 Å². The maximum absolute atomic E-state index is 12.1. The molecular weight excluding hydrogens is 266 g/mol. The number of amides is 2. The van der Waals surface area contributed by atoms with Gasteiger partial charge in [0.1, 0.15) is 11.6 Å². The quantitative estimate of drug-likeness (QED) is 0.920. The van der Waals surface area contributed by atoms with Crippen molar-refractivity contribution in [3.8, 4) is 0 Å². The van der Waals surface area contributed by atoms with Crippen molar-refractivity contribution in [3.05, 3.63) is 41.5 Å². The minimum Gasteiger partial charge on any atom is -0.320 e.